The topological polar surface area (TPSA) is 173 Å². The van der Waals surface area contributed by atoms with Crippen LogP contribution in [0, 0.1) is 5.41 Å². The number of nitrogens with one attached hydrogen (secondary N) is 3. The second kappa shape index (κ2) is 16.7. The first kappa shape index (κ1) is 42.2. The monoisotopic (exact) mass is 876 g/mol. The van der Waals surface area contributed by atoms with Crippen molar-refractivity contribution in [3.05, 3.63) is 113 Å². The molecule has 0 saturated carbocycles. The molecule has 5 aromatic heterocycles. The standard InChI is InChI=1S/C49H56N12O4/c1-6-43(63)54-37-24-32(7-8-40(37)59-20-19-58(27-30(59)2)33-12-17-57(18-13-33)39-11-16-51-44-35(39)10-14-50-44)53-45-48(65)56(5)28-38(55-45)34-9-15-52-46(36(34)29-62)61-22-21-60-41(47(61)64)23-31-25-49(3,4)26-42(31)60/h6-11,14-16,23-24,28,30,33,62H,1,12-13,17-22,25-27,29H2,2-5H3,(H,50,51)(H,53,55)(H,54,63). The summed E-state index contributed by atoms with van der Waals surface area (Å²) >= 11 is 0. The Morgan fingerprint density at radius 1 is 0.985 bits per heavy atom. The fourth-order valence-electron chi connectivity index (χ4n) is 10.7. The number of hydrogen-bond donors (Lipinski definition) is 4. The van der Waals surface area contributed by atoms with Crippen molar-refractivity contribution >= 4 is 57.2 Å². The van der Waals surface area contributed by atoms with Crippen molar-refractivity contribution in [3.8, 4) is 11.3 Å². The van der Waals surface area contributed by atoms with E-state index >= 15 is 0 Å². The highest BCUT2D eigenvalue weighted by molar-refractivity contribution is 6.06. The number of piperazine rings is 1. The highest BCUT2D eigenvalue weighted by atomic mass is 16.3. The fourth-order valence-corrected chi connectivity index (χ4v) is 10.7. The lowest BCUT2D eigenvalue weighted by molar-refractivity contribution is -0.111. The van der Waals surface area contributed by atoms with E-state index in [1.165, 1.54) is 27.6 Å². The summed E-state index contributed by atoms with van der Waals surface area (Å²) in [4.78, 5) is 66.7. The molecule has 10 rings (SSSR count). The number of rotatable bonds is 10. The summed E-state index contributed by atoms with van der Waals surface area (Å²) in [5.74, 6) is -0.0811. The van der Waals surface area contributed by atoms with E-state index < -0.39 is 6.61 Å². The van der Waals surface area contributed by atoms with Gasteiger partial charge in [0.2, 0.25) is 5.91 Å². The van der Waals surface area contributed by atoms with Gasteiger partial charge < -0.3 is 39.7 Å². The first-order valence-electron chi connectivity index (χ1n) is 22.6. The summed E-state index contributed by atoms with van der Waals surface area (Å²) in [6.07, 6.45) is 12.3. The van der Waals surface area contributed by atoms with Gasteiger partial charge in [0.25, 0.3) is 11.5 Å². The summed E-state index contributed by atoms with van der Waals surface area (Å²) in [5.41, 5.74) is 8.46. The zero-order chi connectivity index (χ0) is 45.1. The van der Waals surface area contributed by atoms with Gasteiger partial charge in [-0.2, -0.15) is 0 Å². The molecule has 3 aliphatic heterocycles. The minimum Gasteiger partial charge on any atom is -0.392 e. The highest BCUT2D eigenvalue weighted by Gasteiger charge is 2.38. The lowest BCUT2D eigenvalue weighted by Gasteiger charge is -2.47. The third-order valence-electron chi connectivity index (χ3n) is 13.8. The molecule has 1 aliphatic carbocycles. The molecule has 4 N–H and O–H groups in total. The number of anilines is 6. The van der Waals surface area contributed by atoms with Crippen LogP contribution in [-0.4, -0.2) is 102 Å². The van der Waals surface area contributed by atoms with Crippen molar-refractivity contribution in [2.24, 2.45) is 12.5 Å². The molecule has 1 aromatic carbocycles. The minimum atomic E-state index is -0.398. The Kier molecular flexibility index (Phi) is 10.8. The Bertz CT molecular complexity index is 2910. The van der Waals surface area contributed by atoms with Crippen LogP contribution in [0.1, 0.15) is 60.9 Å². The molecule has 2 fully saturated rings. The zero-order valence-electron chi connectivity index (χ0n) is 37.5. The molecule has 1 atom stereocenters. The van der Waals surface area contributed by atoms with Crippen molar-refractivity contribution < 1.29 is 14.7 Å². The van der Waals surface area contributed by atoms with E-state index in [0.29, 0.717) is 58.8 Å². The maximum Gasteiger partial charge on any atom is 0.293 e. The first-order chi connectivity index (χ1) is 31.4. The quantitative estimate of drug-likeness (QED) is 0.122. The second-order valence-corrected chi connectivity index (χ2v) is 18.7. The van der Waals surface area contributed by atoms with Crippen molar-refractivity contribution in [1.82, 2.24) is 34.0 Å². The molecule has 336 valence electrons. The van der Waals surface area contributed by atoms with E-state index in [1.807, 2.05) is 36.7 Å². The molecular formula is C49H56N12O4. The summed E-state index contributed by atoms with van der Waals surface area (Å²) in [7, 11) is 1.65. The van der Waals surface area contributed by atoms with Gasteiger partial charge in [-0.15, -0.1) is 0 Å². The van der Waals surface area contributed by atoms with Gasteiger partial charge in [0, 0.05) is 123 Å². The number of carbonyl (C=O) groups excluding carboxylic acids is 2. The molecule has 16 heteroatoms. The van der Waals surface area contributed by atoms with Crippen LogP contribution >= 0.6 is 0 Å². The number of nitrogens with zero attached hydrogens (tertiary/aromatic N) is 9. The van der Waals surface area contributed by atoms with Crippen LogP contribution in [0.3, 0.4) is 0 Å². The Balaban J connectivity index is 0.866. The maximum atomic E-state index is 14.0. The smallest absolute Gasteiger partial charge is 0.293 e. The van der Waals surface area contributed by atoms with Gasteiger partial charge in [0.15, 0.2) is 5.82 Å². The Morgan fingerprint density at radius 2 is 1.80 bits per heavy atom. The number of carbonyl (C=O) groups is 2. The predicted molar refractivity (Wildman–Crippen MR) is 254 cm³/mol. The minimum absolute atomic E-state index is 0.0554. The number of piperidine rings is 1. The average Bonchev–Trinajstić information content (AvgIpc) is 4.01. The molecule has 2 saturated heterocycles. The Labute approximate surface area is 377 Å². The van der Waals surface area contributed by atoms with E-state index in [2.05, 4.69) is 84.3 Å². The molecule has 0 bridgehead atoms. The van der Waals surface area contributed by atoms with Crippen LogP contribution in [0.5, 0.6) is 0 Å². The third-order valence-corrected chi connectivity index (χ3v) is 13.8. The van der Waals surface area contributed by atoms with E-state index in [4.69, 9.17) is 4.98 Å². The van der Waals surface area contributed by atoms with Gasteiger partial charge in [-0.05, 0) is 92.1 Å². The normalized spacial score (nSPS) is 18.8. The molecule has 65 heavy (non-hydrogen) atoms. The first-order valence-corrected chi connectivity index (χ1v) is 22.6. The lowest BCUT2D eigenvalue weighted by atomic mass is 9.90. The number of aliphatic hydroxyl groups excluding tert-OH is 1. The summed E-state index contributed by atoms with van der Waals surface area (Å²) < 4.78 is 3.59. The maximum absolute atomic E-state index is 14.0. The summed E-state index contributed by atoms with van der Waals surface area (Å²) in [5, 5.41) is 18.2. The molecule has 0 spiro atoms. The van der Waals surface area contributed by atoms with Gasteiger partial charge in [-0.1, -0.05) is 20.4 Å². The highest BCUT2D eigenvalue weighted by Crippen LogP contribution is 2.41. The number of amides is 2. The molecule has 16 nitrogen and oxygen atoms in total. The fraction of sp³-hybridized carbons (Fsp3) is 0.388. The number of aliphatic hydroxyl groups is 1. The van der Waals surface area contributed by atoms with Crippen LogP contribution in [0.4, 0.5) is 34.4 Å². The third kappa shape index (κ3) is 7.73. The average molecular weight is 877 g/mol. The molecule has 1 unspecified atom stereocenters. The van der Waals surface area contributed by atoms with Crippen LogP contribution in [-0.2, 0) is 37.8 Å². The number of H-pyrrole nitrogens is 1. The number of aryl methyl sites for hydroxylation is 1. The molecule has 6 aromatic rings. The van der Waals surface area contributed by atoms with E-state index in [9.17, 15) is 19.5 Å². The van der Waals surface area contributed by atoms with Crippen molar-refractivity contribution in [1.29, 1.82) is 0 Å². The second-order valence-electron chi connectivity index (χ2n) is 18.7. The molecular weight excluding hydrogens is 821 g/mol. The summed E-state index contributed by atoms with van der Waals surface area (Å²) in [6.45, 7) is 15.6. The largest absolute Gasteiger partial charge is 0.392 e. The number of benzene rings is 1. The zero-order valence-corrected chi connectivity index (χ0v) is 37.5. The Hall–Kier alpha value is -6.78. The van der Waals surface area contributed by atoms with Gasteiger partial charge >= 0.3 is 0 Å². The van der Waals surface area contributed by atoms with E-state index in [-0.39, 0.29) is 34.6 Å². The van der Waals surface area contributed by atoms with E-state index in [1.54, 1.807) is 30.4 Å². The predicted octanol–water partition coefficient (Wildman–Crippen LogP) is 5.85. The van der Waals surface area contributed by atoms with Gasteiger partial charge in [0.1, 0.15) is 17.2 Å². The number of fused-ring (bicyclic) bond motifs is 4. The Morgan fingerprint density at radius 3 is 2.58 bits per heavy atom. The number of pyridine rings is 2. The molecule has 0 radical (unpaired) electrons. The molecule has 8 heterocycles. The van der Waals surface area contributed by atoms with Crippen LogP contribution in [0.15, 0.2) is 84.7 Å². The SMILES string of the molecule is C=CC(=O)Nc1cc(Nc2nc(-c3ccnc(N4CCn5c(cc6c5CC(C)(C)C6)C4=O)c3CO)cn(C)c2=O)ccc1N1CCN(C2CCN(c3ccnc4[nH]ccc34)CC2)CC1C. The van der Waals surface area contributed by atoms with Crippen LogP contribution in [0.2, 0.25) is 0 Å². The number of aromatic nitrogens is 6. The van der Waals surface area contributed by atoms with Crippen molar-refractivity contribution in [2.75, 3.05) is 64.6 Å². The van der Waals surface area contributed by atoms with E-state index in [0.717, 1.165) is 75.1 Å². The van der Waals surface area contributed by atoms with Gasteiger partial charge in [-0.25, -0.2) is 15.0 Å². The van der Waals surface area contributed by atoms with Gasteiger partial charge in [0.05, 0.1) is 23.7 Å². The van der Waals surface area contributed by atoms with Crippen molar-refractivity contribution in [3.63, 3.8) is 0 Å². The number of hydrogen-bond acceptors (Lipinski definition) is 11. The van der Waals surface area contributed by atoms with Crippen LogP contribution < -0.4 is 30.9 Å². The van der Waals surface area contributed by atoms with Crippen molar-refractivity contribution in [2.45, 2.75) is 71.7 Å². The molecule has 2 amide bonds. The molecule has 4 aliphatic rings. The number of aromatic amines is 1. The summed E-state index contributed by atoms with van der Waals surface area (Å²) in [6, 6.07) is 14.3. The lowest BCUT2D eigenvalue weighted by Crippen LogP contribution is -2.57. The van der Waals surface area contributed by atoms with Crippen LogP contribution in [0.25, 0.3) is 22.3 Å². The van der Waals surface area contributed by atoms with Gasteiger partial charge in [-0.3, -0.25) is 24.2 Å².